The van der Waals surface area contributed by atoms with Gasteiger partial charge in [-0.3, -0.25) is 4.68 Å². The number of rotatable bonds is 7. The first-order valence-corrected chi connectivity index (χ1v) is 8.25. The minimum Gasteiger partial charge on any atom is -0.352 e. The Bertz CT molecular complexity index is 702. The molecule has 2 N–H and O–H groups in total. The summed E-state index contributed by atoms with van der Waals surface area (Å²) in [5.74, 6) is 0. The van der Waals surface area contributed by atoms with Gasteiger partial charge in [-0.1, -0.05) is 6.92 Å². The SMILES string of the molecule is CCNCc1cc(S(=O)(=O)NCc2ccn(C)n2)cn1C. The molecule has 0 aliphatic carbocycles. The Balaban J connectivity index is 2.08. The molecule has 0 aliphatic heterocycles. The van der Waals surface area contributed by atoms with E-state index in [-0.39, 0.29) is 11.4 Å². The molecule has 21 heavy (non-hydrogen) atoms. The number of sulfonamides is 1. The zero-order chi connectivity index (χ0) is 15.5. The van der Waals surface area contributed by atoms with E-state index in [1.54, 1.807) is 36.3 Å². The lowest BCUT2D eigenvalue weighted by molar-refractivity contribution is 0.579. The Labute approximate surface area is 125 Å². The molecule has 0 amide bonds. The van der Waals surface area contributed by atoms with Gasteiger partial charge >= 0.3 is 0 Å². The molecule has 7 nitrogen and oxygen atoms in total. The molecule has 0 saturated heterocycles. The number of aromatic nitrogens is 3. The summed E-state index contributed by atoms with van der Waals surface area (Å²) in [6, 6.07) is 3.47. The van der Waals surface area contributed by atoms with Crippen LogP contribution in [-0.2, 0) is 37.2 Å². The Kier molecular flexibility index (Phi) is 4.81. The van der Waals surface area contributed by atoms with E-state index in [0.29, 0.717) is 12.2 Å². The molecule has 116 valence electrons. The Morgan fingerprint density at radius 1 is 1.29 bits per heavy atom. The number of hydrogen-bond acceptors (Lipinski definition) is 4. The van der Waals surface area contributed by atoms with Gasteiger partial charge < -0.3 is 9.88 Å². The molecule has 2 aromatic rings. The molecule has 2 aromatic heterocycles. The molecular weight excluding hydrogens is 290 g/mol. The van der Waals surface area contributed by atoms with Crippen molar-refractivity contribution >= 4 is 10.0 Å². The van der Waals surface area contributed by atoms with Crippen LogP contribution in [-0.4, -0.2) is 29.3 Å². The van der Waals surface area contributed by atoms with E-state index in [1.165, 1.54) is 0 Å². The van der Waals surface area contributed by atoms with Gasteiger partial charge in [-0.2, -0.15) is 5.10 Å². The molecule has 2 rings (SSSR count). The van der Waals surface area contributed by atoms with Crippen LogP contribution < -0.4 is 10.0 Å². The van der Waals surface area contributed by atoms with Gasteiger partial charge in [0.05, 0.1) is 17.1 Å². The van der Waals surface area contributed by atoms with Crippen molar-refractivity contribution in [2.45, 2.75) is 24.9 Å². The second kappa shape index (κ2) is 6.42. The first kappa shape index (κ1) is 15.7. The normalized spacial score (nSPS) is 12.0. The zero-order valence-corrected chi connectivity index (χ0v) is 13.3. The van der Waals surface area contributed by atoms with Gasteiger partial charge in [-0.25, -0.2) is 13.1 Å². The van der Waals surface area contributed by atoms with Crippen molar-refractivity contribution < 1.29 is 8.42 Å². The lowest BCUT2D eigenvalue weighted by Gasteiger charge is -2.02. The van der Waals surface area contributed by atoms with Gasteiger partial charge in [-0.05, 0) is 18.7 Å². The minimum absolute atomic E-state index is 0.181. The van der Waals surface area contributed by atoms with Crippen LogP contribution in [0.15, 0.2) is 29.4 Å². The quantitative estimate of drug-likeness (QED) is 0.773. The topological polar surface area (TPSA) is 81.0 Å². The van der Waals surface area contributed by atoms with Gasteiger partial charge in [-0.15, -0.1) is 0 Å². The van der Waals surface area contributed by atoms with E-state index in [2.05, 4.69) is 15.1 Å². The molecule has 0 saturated carbocycles. The summed E-state index contributed by atoms with van der Waals surface area (Å²) in [5, 5.41) is 7.33. The average molecular weight is 311 g/mol. The van der Waals surface area contributed by atoms with E-state index in [1.807, 2.05) is 18.5 Å². The van der Waals surface area contributed by atoms with E-state index >= 15 is 0 Å². The van der Waals surface area contributed by atoms with Crippen molar-refractivity contribution in [2.75, 3.05) is 6.54 Å². The maximum Gasteiger partial charge on any atom is 0.242 e. The van der Waals surface area contributed by atoms with Crippen molar-refractivity contribution in [3.05, 3.63) is 35.9 Å². The first-order chi connectivity index (χ1) is 9.92. The summed E-state index contributed by atoms with van der Waals surface area (Å²) >= 11 is 0. The molecule has 0 bridgehead atoms. The highest BCUT2D eigenvalue weighted by atomic mass is 32.2. The highest BCUT2D eigenvalue weighted by Gasteiger charge is 2.17. The van der Waals surface area contributed by atoms with Gasteiger partial charge in [0.1, 0.15) is 0 Å². The van der Waals surface area contributed by atoms with Crippen molar-refractivity contribution in [1.29, 1.82) is 0 Å². The molecule has 0 atom stereocenters. The molecule has 0 unspecified atom stereocenters. The van der Waals surface area contributed by atoms with E-state index in [9.17, 15) is 8.42 Å². The lowest BCUT2D eigenvalue weighted by Crippen LogP contribution is -2.23. The minimum atomic E-state index is -3.52. The van der Waals surface area contributed by atoms with Crippen molar-refractivity contribution in [3.8, 4) is 0 Å². The molecule has 0 radical (unpaired) electrons. The fourth-order valence-electron chi connectivity index (χ4n) is 1.96. The van der Waals surface area contributed by atoms with E-state index in [0.717, 1.165) is 12.2 Å². The smallest absolute Gasteiger partial charge is 0.242 e. The van der Waals surface area contributed by atoms with Crippen LogP contribution in [0.25, 0.3) is 0 Å². The third-order valence-electron chi connectivity index (χ3n) is 3.16. The maximum atomic E-state index is 12.3. The van der Waals surface area contributed by atoms with E-state index < -0.39 is 10.0 Å². The number of aryl methyl sites for hydroxylation is 2. The Hall–Kier alpha value is -1.64. The summed E-state index contributed by atoms with van der Waals surface area (Å²) < 4.78 is 30.6. The van der Waals surface area contributed by atoms with Crippen LogP contribution in [0.5, 0.6) is 0 Å². The van der Waals surface area contributed by atoms with E-state index in [4.69, 9.17) is 0 Å². The maximum absolute atomic E-state index is 12.3. The fourth-order valence-corrected chi connectivity index (χ4v) is 3.06. The van der Waals surface area contributed by atoms with Crippen LogP contribution in [0.1, 0.15) is 18.3 Å². The molecule has 2 heterocycles. The third-order valence-corrected chi connectivity index (χ3v) is 4.53. The molecule has 0 spiro atoms. The third kappa shape index (κ3) is 3.93. The summed E-state index contributed by atoms with van der Waals surface area (Å²) in [5.41, 5.74) is 1.61. The zero-order valence-electron chi connectivity index (χ0n) is 12.5. The highest BCUT2D eigenvalue weighted by molar-refractivity contribution is 7.89. The van der Waals surface area contributed by atoms with Crippen molar-refractivity contribution in [3.63, 3.8) is 0 Å². The van der Waals surface area contributed by atoms with Crippen LogP contribution in [0.2, 0.25) is 0 Å². The second-order valence-electron chi connectivity index (χ2n) is 4.86. The number of hydrogen-bond donors (Lipinski definition) is 2. The second-order valence-corrected chi connectivity index (χ2v) is 6.63. The number of nitrogens with zero attached hydrogens (tertiary/aromatic N) is 3. The predicted octanol–water partition coefficient (Wildman–Crippen LogP) is 0.347. The lowest BCUT2D eigenvalue weighted by atomic mass is 10.4. The fraction of sp³-hybridized carbons (Fsp3) is 0.462. The van der Waals surface area contributed by atoms with Gasteiger partial charge in [0, 0.05) is 38.7 Å². The van der Waals surface area contributed by atoms with Gasteiger partial charge in [0.2, 0.25) is 10.0 Å². The average Bonchev–Trinajstić information content (AvgIpc) is 3.01. The molecule has 0 aliphatic rings. The molecule has 0 aromatic carbocycles. The van der Waals surface area contributed by atoms with Crippen molar-refractivity contribution in [2.24, 2.45) is 14.1 Å². The molecular formula is C13H21N5O2S. The van der Waals surface area contributed by atoms with Gasteiger partial charge in [0.25, 0.3) is 0 Å². The highest BCUT2D eigenvalue weighted by Crippen LogP contribution is 2.13. The predicted molar refractivity (Wildman–Crippen MR) is 80.0 cm³/mol. The van der Waals surface area contributed by atoms with Crippen molar-refractivity contribution in [1.82, 2.24) is 24.4 Å². The van der Waals surface area contributed by atoms with Gasteiger partial charge in [0.15, 0.2) is 0 Å². The summed E-state index contributed by atoms with van der Waals surface area (Å²) in [6.45, 7) is 3.67. The Morgan fingerprint density at radius 2 is 2.05 bits per heavy atom. The standard InChI is InChI=1S/C13H21N5O2S/c1-4-14-9-12-7-13(10-17(12)2)21(19,20)15-8-11-5-6-18(3)16-11/h5-7,10,14-15H,4,8-9H2,1-3H3. The largest absolute Gasteiger partial charge is 0.352 e. The van der Waals surface area contributed by atoms with Crippen LogP contribution in [0, 0.1) is 0 Å². The Morgan fingerprint density at radius 3 is 2.67 bits per heavy atom. The summed E-state index contributed by atoms with van der Waals surface area (Å²) in [7, 11) is 0.108. The van der Waals surface area contributed by atoms with Crippen LogP contribution >= 0.6 is 0 Å². The van der Waals surface area contributed by atoms with Crippen LogP contribution in [0.4, 0.5) is 0 Å². The number of nitrogens with one attached hydrogen (secondary N) is 2. The van der Waals surface area contributed by atoms with Crippen LogP contribution in [0.3, 0.4) is 0 Å². The monoisotopic (exact) mass is 311 g/mol. The summed E-state index contributed by atoms with van der Waals surface area (Å²) in [6.07, 6.45) is 3.40. The molecule has 0 fully saturated rings. The molecule has 8 heteroatoms. The summed E-state index contributed by atoms with van der Waals surface area (Å²) in [4.78, 5) is 0.272. The first-order valence-electron chi connectivity index (χ1n) is 6.76.